The van der Waals surface area contributed by atoms with E-state index in [1.54, 1.807) is 30.0 Å². The van der Waals surface area contributed by atoms with Crippen molar-refractivity contribution in [3.8, 4) is 0 Å². The van der Waals surface area contributed by atoms with Gasteiger partial charge < -0.3 is 14.8 Å². The number of hydrogen-bond acceptors (Lipinski definition) is 7. The van der Waals surface area contributed by atoms with Crippen molar-refractivity contribution in [1.29, 1.82) is 0 Å². The minimum atomic E-state index is -1.37. The highest BCUT2D eigenvalue weighted by molar-refractivity contribution is 6.02. The Morgan fingerprint density at radius 3 is 2.51 bits per heavy atom. The number of ketones is 1. The lowest BCUT2D eigenvalue weighted by molar-refractivity contribution is -0.180. The summed E-state index contributed by atoms with van der Waals surface area (Å²) >= 11 is 0. The normalized spacial score (nSPS) is 30.8. The average Bonchev–Trinajstić information content (AvgIpc) is 3.18. The van der Waals surface area contributed by atoms with Crippen molar-refractivity contribution in [2.75, 3.05) is 4.90 Å². The fraction of sp³-hybridized carbons (Fsp3) is 0.370. The van der Waals surface area contributed by atoms with Gasteiger partial charge in [-0.05, 0) is 45.9 Å². The van der Waals surface area contributed by atoms with Crippen LogP contribution in [0, 0.1) is 0 Å². The van der Waals surface area contributed by atoms with Crippen LogP contribution in [0.25, 0.3) is 10.9 Å². The van der Waals surface area contributed by atoms with Crippen molar-refractivity contribution in [2.24, 2.45) is 0 Å². The number of para-hydroxylation sites is 2. The van der Waals surface area contributed by atoms with Gasteiger partial charge in [-0.1, -0.05) is 30.3 Å². The van der Waals surface area contributed by atoms with Crippen LogP contribution in [0.4, 0.5) is 5.69 Å². The van der Waals surface area contributed by atoms with E-state index in [4.69, 9.17) is 9.72 Å². The number of nitrogens with zero attached hydrogens (tertiary/aromatic N) is 3. The molecule has 0 saturated carbocycles. The third-order valence-electron chi connectivity index (χ3n) is 7.43. The van der Waals surface area contributed by atoms with E-state index in [0.717, 1.165) is 11.3 Å². The van der Waals surface area contributed by atoms with Gasteiger partial charge in [-0.25, -0.2) is 4.98 Å². The summed E-state index contributed by atoms with van der Waals surface area (Å²) in [6.07, 6.45) is -0.321. The van der Waals surface area contributed by atoms with E-state index in [0.29, 0.717) is 16.7 Å². The maximum Gasteiger partial charge on any atom is 0.262 e. The Bertz CT molecular complexity index is 1560. The van der Waals surface area contributed by atoms with Gasteiger partial charge in [0.1, 0.15) is 23.6 Å². The topological polar surface area (TPSA) is 123 Å². The molecule has 3 aromatic rings. The minimum absolute atomic E-state index is 0.0486. The van der Waals surface area contributed by atoms with E-state index < -0.39 is 29.6 Å². The van der Waals surface area contributed by atoms with Gasteiger partial charge in [0.25, 0.3) is 5.56 Å². The second-order valence-corrected chi connectivity index (χ2v) is 10.3. The van der Waals surface area contributed by atoms with Crippen LogP contribution in [0.5, 0.6) is 0 Å². The Morgan fingerprint density at radius 2 is 1.76 bits per heavy atom. The van der Waals surface area contributed by atoms with Gasteiger partial charge in [0.05, 0.1) is 22.6 Å². The first-order valence-electron chi connectivity index (χ1n) is 12.3. The third kappa shape index (κ3) is 3.15. The van der Waals surface area contributed by atoms with Gasteiger partial charge in [0.15, 0.2) is 11.5 Å². The van der Waals surface area contributed by atoms with Crippen molar-refractivity contribution >= 4 is 34.2 Å². The number of ether oxygens (including phenoxy) is 1. The van der Waals surface area contributed by atoms with E-state index in [1.165, 1.54) is 18.4 Å². The van der Waals surface area contributed by atoms with Crippen LogP contribution in [0.3, 0.4) is 0 Å². The zero-order valence-electron chi connectivity index (χ0n) is 20.9. The summed E-state index contributed by atoms with van der Waals surface area (Å²) in [6.45, 7) is 6.60. The molecule has 2 saturated heterocycles. The molecule has 0 radical (unpaired) electrons. The number of fused-ring (bicyclic) bond motifs is 5. The Labute approximate surface area is 212 Å². The zero-order valence-corrected chi connectivity index (χ0v) is 20.9. The lowest BCUT2D eigenvalue weighted by Gasteiger charge is -2.40. The summed E-state index contributed by atoms with van der Waals surface area (Å²) in [6, 6.07) is 13.5. The summed E-state index contributed by atoms with van der Waals surface area (Å²) in [7, 11) is 0. The number of carbonyl (C=O) groups is 3. The van der Waals surface area contributed by atoms with Gasteiger partial charge >= 0.3 is 0 Å². The van der Waals surface area contributed by atoms with Crippen LogP contribution >= 0.6 is 0 Å². The smallest absolute Gasteiger partial charge is 0.262 e. The maximum atomic E-state index is 13.6. The van der Waals surface area contributed by atoms with Crippen molar-refractivity contribution in [3.63, 3.8) is 0 Å². The maximum absolute atomic E-state index is 13.6. The second kappa shape index (κ2) is 7.80. The fourth-order valence-electron chi connectivity index (χ4n) is 6.05. The van der Waals surface area contributed by atoms with Crippen LogP contribution in [0.15, 0.2) is 53.3 Å². The monoisotopic (exact) mass is 501 g/mol. The molecular formula is C27H27N5O5. The predicted molar refractivity (Wildman–Crippen MR) is 135 cm³/mol. The van der Waals surface area contributed by atoms with E-state index >= 15 is 0 Å². The molecule has 1 spiro atoms. The van der Waals surface area contributed by atoms with Crippen LogP contribution in [0.1, 0.15) is 51.5 Å². The molecule has 1 aromatic heterocycles. The van der Waals surface area contributed by atoms with Gasteiger partial charge in [-0.2, -0.15) is 0 Å². The minimum Gasteiger partial charge on any atom is -0.334 e. The summed E-state index contributed by atoms with van der Waals surface area (Å²) in [5, 5.41) is 6.81. The molecule has 8 rings (SSSR count). The average molecular weight is 502 g/mol. The second-order valence-electron chi connectivity index (χ2n) is 10.3. The first-order chi connectivity index (χ1) is 17.6. The number of amides is 2. The molecule has 10 heteroatoms. The molecule has 2 aromatic carbocycles. The highest BCUT2D eigenvalue weighted by Crippen LogP contribution is 2.56. The number of nitrogens with one attached hydrogen (secondary N) is 2. The molecule has 0 unspecified atom stereocenters. The van der Waals surface area contributed by atoms with Crippen molar-refractivity contribution < 1.29 is 19.1 Å². The Kier molecular flexibility index (Phi) is 4.96. The van der Waals surface area contributed by atoms with Gasteiger partial charge in [0, 0.05) is 12.0 Å². The lowest BCUT2D eigenvalue weighted by Crippen LogP contribution is -2.57. The molecule has 5 aliphatic rings. The van der Waals surface area contributed by atoms with Crippen LogP contribution in [0.2, 0.25) is 0 Å². The highest BCUT2D eigenvalue weighted by atomic mass is 16.5. The van der Waals surface area contributed by atoms with E-state index in [2.05, 4.69) is 10.6 Å². The Hall–Kier alpha value is -3.89. The Morgan fingerprint density at radius 1 is 1.08 bits per heavy atom. The molecule has 2 amide bonds. The number of Topliss-reactive ketones (excluding diaryl/α,β-unsaturated/α-hetero) is 1. The summed E-state index contributed by atoms with van der Waals surface area (Å²) in [5.41, 5.74) is -0.563. The van der Waals surface area contributed by atoms with Crippen LogP contribution in [-0.2, 0) is 30.4 Å². The fourth-order valence-corrected chi connectivity index (χ4v) is 6.05. The molecule has 2 N–H and O–H groups in total. The molecule has 6 heterocycles. The molecule has 10 nitrogen and oxygen atoms in total. The lowest BCUT2D eigenvalue weighted by atomic mass is 9.86. The third-order valence-corrected chi connectivity index (χ3v) is 7.43. The molecule has 2 bridgehead atoms. The number of carbonyl (C=O) groups excluding carboxylic acids is 3. The number of hydrogen-bond donors (Lipinski definition) is 2. The quantitative estimate of drug-likeness (QED) is 0.482. The molecule has 2 fully saturated rings. The van der Waals surface area contributed by atoms with Crippen molar-refractivity contribution in [1.82, 2.24) is 20.2 Å². The summed E-state index contributed by atoms with van der Waals surface area (Å²) in [5.74, 6) is 0.183. The molecule has 190 valence electrons. The zero-order chi connectivity index (χ0) is 26.3. The van der Waals surface area contributed by atoms with Crippen LogP contribution in [-0.4, -0.2) is 39.4 Å². The number of aromatic nitrogens is 2. The number of anilines is 1. The van der Waals surface area contributed by atoms with Gasteiger partial charge in [-0.3, -0.25) is 29.2 Å². The summed E-state index contributed by atoms with van der Waals surface area (Å²) in [4.78, 5) is 55.9. The Balaban J connectivity index is 0.000000590. The molecule has 37 heavy (non-hydrogen) atoms. The van der Waals surface area contributed by atoms with Gasteiger partial charge in [-0.15, -0.1) is 0 Å². The largest absolute Gasteiger partial charge is 0.334 e. The first kappa shape index (κ1) is 23.5. The van der Waals surface area contributed by atoms with Crippen molar-refractivity contribution in [3.05, 3.63) is 70.3 Å². The van der Waals surface area contributed by atoms with Crippen LogP contribution < -0.4 is 21.1 Å². The summed E-state index contributed by atoms with van der Waals surface area (Å²) < 4.78 is 8.35. The van der Waals surface area contributed by atoms with Crippen molar-refractivity contribution in [2.45, 2.75) is 63.7 Å². The highest BCUT2D eigenvalue weighted by Gasteiger charge is 2.65. The molecule has 5 aliphatic heterocycles. The number of rotatable bonds is 0. The van der Waals surface area contributed by atoms with E-state index in [1.807, 2.05) is 37.3 Å². The predicted octanol–water partition coefficient (Wildman–Crippen LogP) is 1.82. The van der Waals surface area contributed by atoms with Gasteiger partial charge in [0.2, 0.25) is 11.8 Å². The van der Waals surface area contributed by atoms with E-state index in [9.17, 15) is 19.2 Å². The molecular weight excluding hydrogens is 474 g/mol. The molecule has 0 aliphatic carbocycles. The molecule has 5 atom stereocenters. The standard InChI is InChI=1S/C24H21N5O4.C3H6O/c1-12-19(31)28-16-10-6-4-8-14(16)24(22(28)25-12)11-17-18(30)27-23(2,33-24)21-26-15-9-5-3-7-13(15)20(32)29(17)21;1-3(2)4/h3-10,12,17,22,25H,11H2,1-2H3,(H,27,30);1-2H3/t12-,17+,22-,23+,24-;/m1./s1. The first-order valence-corrected chi connectivity index (χ1v) is 12.3. The SMILES string of the molecule is CC(C)=O.C[C@H]1N[C@@H]2N(C1=O)c1ccccc1[C@]21C[C@H]2C(=O)N[C@@](C)(O1)c1nc3ccccc3c(=O)n12. The number of benzene rings is 2. The van der Waals surface area contributed by atoms with E-state index in [-0.39, 0.29) is 29.6 Å².